The third kappa shape index (κ3) is 8.30. The first kappa shape index (κ1) is 26.6. The van der Waals surface area contributed by atoms with E-state index >= 15 is 0 Å². The van der Waals surface area contributed by atoms with Crippen LogP contribution in [-0.2, 0) is 9.47 Å². The average Bonchev–Trinajstić information content (AvgIpc) is 2.91. The van der Waals surface area contributed by atoms with E-state index in [-0.39, 0.29) is 13.2 Å². The van der Waals surface area contributed by atoms with Gasteiger partial charge in [-0.1, -0.05) is 0 Å². The zero-order valence-electron chi connectivity index (χ0n) is 21.3. The molecule has 8 nitrogen and oxygen atoms in total. The van der Waals surface area contributed by atoms with Gasteiger partial charge in [0.1, 0.15) is 34.1 Å². The number of carbonyl (C=O) groups excluding carboxylic acids is 2. The van der Waals surface area contributed by atoms with Gasteiger partial charge >= 0.3 is 11.9 Å². The van der Waals surface area contributed by atoms with E-state index < -0.39 is 11.9 Å². The van der Waals surface area contributed by atoms with Gasteiger partial charge in [0.15, 0.2) is 0 Å². The third-order valence-corrected chi connectivity index (χ3v) is 6.23. The molecule has 2 aliphatic rings. The van der Waals surface area contributed by atoms with Crippen LogP contribution in [0.15, 0.2) is 36.4 Å². The first-order valence-electron chi connectivity index (χ1n) is 13.3. The second-order valence-corrected chi connectivity index (χ2v) is 9.16. The second-order valence-electron chi connectivity index (χ2n) is 9.16. The molecule has 2 aromatic rings. The molecule has 2 aromatic carbocycles. The normalized spacial score (nSPS) is 18.6. The van der Waals surface area contributed by atoms with Crippen molar-refractivity contribution in [2.45, 2.75) is 57.8 Å². The van der Waals surface area contributed by atoms with Crippen molar-refractivity contribution in [1.82, 2.24) is 0 Å². The van der Waals surface area contributed by atoms with Crippen LogP contribution >= 0.6 is 0 Å². The van der Waals surface area contributed by atoms with Crippen LogP contribution in [0.4, 0.5) is 0 Å². The Morgan fingerprint density at radius 3 is 1.22 bits per heavy atom. The lowest BCUT2D eigenvalue weighted by molar-refractivity contribution is 0.0391. The monoisotopic (exact) mass is 512 g/mol. The maximum Gasteiger partial charge on any atom is 0.342 e. The molecule has 0 amide bonds. The molecule has 0 radical (unpaired) electrons. The largest absolute Gasteiger partial charge is 0.494 e. The molecule has 8 heteroatoms. The quantitative estimate of drug-likeness (QED) is 0.412. The van der Waals surface area contributed by atoms with E-state index in [0.717, 1.165) is 51.4 Å². The number of carbonyl (C=O) groups is 2. The third-order valence-electron chi connectivity index (χ3n) is 6.23. The fraction of sp³-hybridized carbons (Fsp3) is 0.517. The Labute approximate surface area is 218 Å². The number of ether oxygens (including phenoxy) is 6. The van der Waals surface area contributed by atoms with Crippen LogP contribution in [0.3, 0.4) is 0 Å². The lowest BCUT2D eigenvalue weighted by Gasteiger charge is -2.14. The highest BCUT2D eigenvalue weighted by Crippen LogP contribution is 2.28. The van der Waals surface area contributed by atoms with Crippen LogP contribution in [0, 0.1) is 0 Å². The van der Waals surface area contributed by atoms with Crippen LogP contribution in [0.5, 0.6) is 23.0 Å². The van der Waals surface area contributed by atoms with Gasteiger partial charge in [0.05, 0.1) is 39.6 Å². The first-order chi connectivity index (χ1) is 18.2. The van der Waals surface area contributed by atoms with E-state index in [1.54, 1.807) is 24.3 Å². The van der Waals surface area contributed by atoms with Crippen molar-refractivity contribution in [3.05, 3.63) is 47.5 Å². The summed E-state index contributed by atoms with van der Waals surface area (Å²) in [6.07, 6.45) is 7.70. The Balaban J connectivity index is 1.57. The molecule has 2 aliphatic heterocycles. The fourth-order valence-corrected chi connectivity index (χ4v) is 4.17. The van der Waals surface area contributed by atoms with Crippen molar-refractivity contribution < 1.29 is 38.0 Å². The lowest BCUT2D eigenvalue weighted by atomic mass is 10.1. The molecule has 0 unspecified atom stereocenters. The SMILES string of the molecule is O=C1OCCCOC(=O)c2cc3ccc2OCCCCCCOc2ccc(cc21)OCCCCCCO3. The minimum atomic E-state index is -0.490. The van der Waals surface area contributed by atoms with E-state index in [9.17, 15) is 9.59 Å². The van der Waals surface area contributed by atoms with Crippen molar-refractivity contribution in [3.63, 3.8) is 0 Å². The Bertz CT molecular complexity index is 953. The lowest BCUT2D eigenvalue weighted by Crippen LogP contribution is -2.13. The van der Waals surface area contributed by atoms with Crippen LogP contribution in [-0.4, -0.2) is 51.6 Å². The molecule has 2 heterocycles. The van der Waals surface area contributed by atoms with Crippen LogP contribution in [0.1, 0.15) is 78.5 Å². The predicted molar refractivity (Wildman–Crippen MR) is 137 cm³/mol. The summed E-state index contributed by atoms with van der Waals surface area (Å²) in [5, 5.41) is 0. The Hall–Kier alpha value is -3.42. The minimum Gasteiger partial charge on any atom is -0.494 e. The molecule has 0 saturated heterocycles. The number of hydrogen-bond donors (Lipinski definition) is 0. The molecule has 0 fully saturated rings. The van der Waals surface area contributed by atoms with Crippen molar-refractivity contribution in [2.24, 2.45) is 0 Å². The molecule has 4 bridgehead atoms. The van der Waals surface area contributed by atoms with Crippen LogP contribution in [0.2, 0.25) is 0 Å². The van der Waals surface area contributed by atoms with Gasteiger partial charge in [-0.3, -0.25) is 0 Å². The smallest absolute Gasteiger partial charge is 0.342 e. The Kier molecular flexibility index (Phi) is 10.3. The average molecular weight is 513 g/mol. The molecule has 0 spiro atoms. The zero-order valence-corrected chi connectivity index (χ0v) is 21.3. The van der Waals surface area contributed by atoms with Crippen LogP contribution in [0.25, 0.3) is 0 Å². The molecular formula is C29H36O8. The minimum absolute atomic E-state index is 0.100. The summed E-state index contributed by atoms with van der Waals surface area (Å²) in [4.78, 5) is 25.8. The van der Waals surface area contributed by atoms with E-state index in [4.69, 9.17) is 28.4 Å². The van der Waals surface area contributed by atoms with Crippen molar-refractivity contribution in [3.8, 4) is 23.0 Å². The molecule has 0 aromatic heterocycles. The summed E-state index contributed by atoms with van der Waals surface area (Å²) >= 11 is 0. The van der Waals surface area contributed by atoms with Crippen molar-refractivity contribution >= 4 is 11.9 Å². The molecule has 0 atom stereocenters. The Morgan fingerprint density at radius 2 is 0.784 bits per heavy atom. The standard InChI is InChI=1S/C29H36O8/c30-28-24-20-22-10-12-26(24)34-16-7-3-4-8-17-35-27-13-11-23(33-15-6-2-1-5-14-32-22)21-25(27)29(31)37-19-9-18-36-28/h10-13,20-21H,1-9,14-19H2. The van der Waals surface area contributed by atoms with Gasteiger partial charge in [0.2, 0.25) is 0 Å². The first-order valence-corrected chi connectivity index (χ1v) is 13.3. The number of hydrogen-bond acceptors (Lipinski definition) is 8. The van der Waals surface area contributed by atoms with Gasteiger partial charge in [0.25, 0.3) is 0 Å². The van der Waals surface area contributed by atoms with Crippen molar-refractivity contribution in [2.75, 3.05) is 39.6 Å². The summed E-state index contributed by atoms with van der Waals surface area (Å²) < 4.78 is 34.6. The molecular weight excluding hydrogens is 476 g/mol. The summed E-state index contributed by atoms with van der Waals surface area (Å²) in [7, 11) is 0. The molecule has 0 N–H and O–H groups in total. The van der Waals surface area contributed by atoms with E-state index in [1.807, 2.05) is 12.1 Å². The maximum absolute atomic E-state index is 12.9. The van der Waals surface area contributed by atoms with Gasteiger partial charge in [-0.05, 0) is 87.8 Å². The highest BCUT2D eigenvalue weighted by Gasteiger charge is 2.18. The van der Waals surface area contributed by atoms with E-state index in [0.29, 0.717) is 67.0 Å². The number of benzene rings is 2. The molecule has 0 saturated carbocycles. The summed E-state index contributed by atoms with van der Waals surface area (Å²) in [6.45, 7) is 2.30. The highest BCUT2D eigenvalue weighted by molar-refractivity contribution is 5.93. The van der Waals surface area contributed by atoms with Gasteiger partial charge in [-0.2, -0.15) is 0 Å². The second kappa shape index (κ2) is 14.4. The summed E-state index contributed by atoms with van der Waals surface area (Å²) in [5.74, 6) is 1.20. The highest BCUT2D eigenvalue weighted by atomic mass is 16.6. The predicted octanol–water partition coefficient (Wildman–Crippen LogP) is 5.75. The molecule has 37 heavy (non-hydrogen) atoms. The van der Waals surface area contributed by atoms with Gasteiger partial charge in [-0.25, -0.2) is 9.59 Å². The van der Waals surface area contributed by atoms with Gasteiger partial charge < -0.3 is 28.4 Å². The molecule has 0 aliphatic carbocycles. The zero-order chi connectivity index (χ0) is 25.7. The van der Waals surface area contributed by atoms with E-state index in [2.05, 4.69) is 0 Å². The van der Waals surface area contributed by atoms with Gasteiger partial charge in [0, 0.05) is 6.42 Å². The summed E-state index contributed by atoms with van der Waals surface area (Å²) in [6, 6.07) is 10.5. The fourth-order valence-electron chi connectivity index (χ4n) is 4.17. The van der Waals surface area contributed by atoms with Crippen LogP contribution < -0.4 is 18.9 Å². The number of fused-ring (bicyclic) bond motifs is 8. The van der Waals surface area contributed by atoms with Crippen molar-refractivity contribution in [1.29, 1.82) is 0 Å². The number of rotatable bonds is 0. The summed E-state index contributed by atoms with van der Waals surface area (Å²) in [5.41, 5.74) is 0.676. The van der Waals surface area contributed by atoms with E-state index in [1.165, 1.54) is 0 Å². The molecule has 200 valence electrons. The van der Waals surface area contributed by atoms with Gasteiger partial charge in [-0.15, -0.1) is 0 Å². The Morgan fingerprint density at radius 1 is 0.405 bits per heavy atom. The number of esters is 2. The maximum atomic E-state index is 12.9. The molecule has 4 rings (SSSR count). The topological polar surface area (TPSA) is 89.5 Å².